The van der Waals surface area contributed by atoms with Crippen LogP contribution in [0.2, 0.25) is 0 Å². The summed E-state index contributed by atoms with van der Waals surface area (Å²) in [4.78, 5) is 10.1. The van der Waals surface area contributed by atoms with E-state index in [0.717, 1.165) is 17.6 Å². The minimum Gasteiger partial charge on any atom is -0.298 e. The summed E-state index contributed by atoms with van der Waals surface area (Å²) in [7, 11) is 0. The molecule has 0 saturated carbocycles. The predicted octanol–water partition coefficient (Wildman–Crippen LogP) is 1.25. The van der Waals surface area contributed by atoms with E-state index in [2.05, 4.69) is 6.92 Å². The Morgan fingerprint density at radius 1 is 2.00 bits per heavy atom. The van der Waals surface area contributed by atoms with E-state index >= 15 is 0 Å². The molecule has 0 spiro atoms. The van der Waals surface area contributed by atoms with Gasteiger partial charge in [-0.25, -0.2) is 0 Å². The molecule has 8 heavy (non-hydrogen) atoms. The summed E-state index contributed by atoms with van der Waals surface area (Å²) in [5, 5.41) is 0.437. The Labute approximate surface area is 53.2 Å². The molecule has 1 rings (SSSR count). The number of hydrogen-bond acceptors (Lipinski definition) is 2. The van der Waals surface area contributed by atoms with Gasteiger partial charge >= 0.3 is 0 Å². The molecule has 0 radical (unpaired) electrons. The van der Waals surface area contributed by atoms with Crippen LogP contribution in [-0.4, -0.2) is 17.3 Å². The monoisotopic (exact) mass is 128 g/mol. The summed E-state index contributed by atoms with van der Waals surface area (Å²) in [6.45, 7) is 2.05. The molecule has 0 aromatic rings. The zero-order valence-electron chi connectivity index (χ0n) is 4.76. The maximum atomic E-state index is 10.1. The first-order valence-electron chi connectivity index (χ1n) is 2.61. The van der Waals surface area contributed by atoms with Crippen LogP contribution < -0.4 is 0 Å². The fourth-order valence-corrected chi connectivity index (χ4v) is 1.62. The lowest BCUT2D eigenvalue weighted by molar-refractivity contribution is -0.104. The molecular weight excluding hydrogens is 120 g/mol. The van der Waals surface area contributed by atoms with E-state index in [1.165, 1.54) is 0 Å². The number of carbonyl (C=O) groups excluding carboxylic acids is 1. The van der Waals surface area contributed by atoms with Crippen molar-refractivity contribution in [3.63, 3.8) is 0 Å². The van der Waals surface area contributed by atoms with E-state index in [-0.39, 0.29) is 0 Å². The van der Waals surface area contributed by atoms with Gasteiger partial charge in [0.2, 0.25) is 0 Å². The van der Waals surface area contributed by atoms with Gasteiger partial charge in [0.1, 0.15) is 6.29 Å². The molecule has 0 amide bonds. The van der Waals surface area contributed by atoms with Crippen molar-refractivity contribution in [3.05, 3.63) is 11.6 Å². The number of thioether (sulfide) groups is 1. The highest BCUT2D eigenvalue weighted by atomic mass is 32.2. The fourth-order valence-electron chi connectivity index (χ4n) is 0.695. The fraction of sp³-hybridized carbons (Fsp3) is 0.500. The molecule has 0 saturated heterocycles. The van der Waals surface area contributed by atoms with E-state index in [4.69, 9.17) is 0 Å². The first-order chi connectivity index (χ1) is 3.84. The van der Waals surface area contributed by atoms with E-state index in [0.29, 0.717) is 5.25 Å². The molecule has 0 fully saturated rings. The molecule has 1 unspecified atom stereocenters. The summed E-state index contributed by atoms with van der Waals surface area (Å²) < 4.78 is 0. The Morgan fingerprint density at radius 3 is 3.00 bits per heavy atom. The number of carbonyl (C=O) groups is 1. The number of rotatable bonds is 1. The number of aldehydes is 1. The van der Waals surface area contributed by atoms with Crippen LogP contribution in [0.5, 0.6) is 0 Å². The molecule has 1 heterocycles. The van der Waals surface area contributed by atoms with Crippen molar-refractivity contribution < 1.29 is 4.79 Å². The Morgan fingerprint density at radius 2 is 2.75 bits per heavy atom. The van der Waals surface area contributed by atoms with E-state index < -0.39 is 0 Å². The van der Waals surface area contributed by atoms with Crippen molar-refractivity contribution in [2.75, 3.05) is 5.75 Å². The summed E-state index contributed by atoms with van der Waals surface area (Å²) in [6.07, 6.45) is 2.94. The Kier molecular flexibility index (Phi) is 1.73. The van der Waals surface area contributed by atoms with Crippen molar-refractivity contribution in [1.29, 1.82) is 0 Å². The van der Waals surface area contributed by atoms with Crippen LogP contribution >= 0.6 is 11.8 Å². The van der Waals surface area contributed by atoms with Crippen molar-refractivity contribution in [2.24, 2.45) is 0 Å². The highest BCUT2D eigenvalue weighted by Crippen LogP contribution is 2.24. The third-order valence-corrected chi connectivity index (χ3v) is 2.40. The highest BCUT2D eigenvalue weighted by molar-refractivity contribution is 8.00. The highest BCUT2D eigenvalue weighted by Gasteiger charge is 2.12. The van der Waals surface area contributed by atoms with Crippen molar-refractivity contribution in [2.45, 2.75) is 12.2 Å². The minimum atomic E-state index is 0.437. The molecule has 44 valence electrons. The van der Waals surface area contributed by atoms with Gasteiger partial charge in [0.25, 0.3) is 0 Å². The lowest BCUT2D eigenvalue weighted by atomic mass is 10.2. The Hall–Kier alpha value is -0.240. The second kappa shape index (κ2) is 2.35. The zero-order valence-corrected chi connectivity index (χ0v) is 5.57. The predicted molar refractivity (Wildman–Crippen MR) is 36.1 cm³/mol. The second-order valence-corrected chi connectivity index (χ2v) is 3.17. The molecule has 1 nitrogen and oxygen atoms in total. The van der Waals surface area contributed by atoms with Crippen molar-refractivity contribution >= 4 is 18.0 Å². The average molecular weight is 128 g/mol. The van der Waals surface area contributed by atoms with Gasteiger partial charge in [0.05, 0.1) is 0 Å². The van der Waals surface area contributed by atoms with E-state index in [1.807, 2.05) is 6.08 Å². The quantitative estimate of drug-likeness (QED) is 0.494. The van der Waals surface area contributed by atoms with Crippen molar-refractivity contribution in [1.82, 2.24) is 0 Å². The zero-order chi connectivity index (χ0) is 5.98. The third-order valence-electron chi connectivity index (χ3n) is 1.27. The largest absolute Gasteiger partial charge is 0.298 e. The summed E-state index contributed by atoms with van der Waals surface area (Å²) >= 11 is 1.81. The third kappa shape index (κ3) is 0.944. The molecule has 0 aromatic carbocycles. The normalized spacial score (nSPS) is 27.6. The minimum absolute atomic E-state index is 0.437. The van der Waals surface area contributed by atoms with Crippen LogP contribution in [0, 0.1) is 0 Å². The molecular formula is C6H8OS. The molecule has 0 N–H and O–H groups in total. The van der Waals surface area contributed by atoms with Gasteiger partial charge in [0, 0.05) is 16.6 Å². The van der Waals surface area contributed by atoms with Gasteiger partial charge < -0.3 is 0 Å². The standard InChI is InChI=1S/C6H8OS/c1-5-6(4-7)2-3-8-5/h2,4-5H,3H2,1H3. The Bertz CT molecular complexity index is 128. The molecule has 1 atom stereocenters. The first kappa shape index (κ1) is 5.89. The summed E-state index contributed by atoms with van der Waals surface area (Å²) in [5.74, 6) is 1.01. The number of hydrogen-bond donors (Lipinski definition) is 0. The maximum Gasteiger partial charge on any atom is 0.146 e. The van der Waals surface area contributed by atoms with Crippen LogP contribution in [0.3, 0.4) is 0 Å². The van der Waals surface area contributed by atoms with Crippen LogP contribution in [-0.2, 0) is 4.79 Å². The van der Waals surface area contributed by atoms with Gasteiger partial charge in [-0.3, -0.25) is 4.79 Å². The van der Waals surface area contributed by atoms with Crippen LogP contribution in [0.4, 0.5) is 0 Å². The van der Waals surface area contributed by atoms with Crippen LogP contribution in [0.25, 0.3) is 0 Å². The lowest BCUT2D eigenvalue weighted by Gasteiger charge is -1.97. The summed E-state index contributed by atoms with van der Waals surface area (Å²) in [6, 6.07) is 0. The van der Waals surface area contributed by atoms with Crippen LogP contribution in [0.15, 0.2) is 11.6 Å². The van der Waals surface area contributed by atoms with Crippen molar-refractivity contribution in [3.8, 4) is 0 Å². The van der Waals surface area contributed by atoms with Crippen LogP contribution in [0.1, 0.15) is 6.92 Å². The van der Waals surface area contributed by atoms with Gasteiger partial charge in [-0.15, -0.1) is 11.8 Å². The van der Waals surface area contributed by atoms with Gasteiger partial charge in [-0.05, 0) is 6.92 Å². The molecule has 2 heteroatoms. The summed E-state index contributed by atoms with van der Waals surface area (Å²) in [5.41, 5.74) is 0.954. The van der Waals surface area contributed by atoms with E-state index in [9.17, 15) is 4.79 Å². The molecule has 0 bridgehead atoms. The lowest BCUT2D eigenvalue weighted by Crippen LogP contribution is -1.95. The topological polar surface area (TPSA) is 17.1 Å². The Balaban J connectivity index is 2.62. The molecule has 1 aliphatic rings. The van der Waals surface area contributed by atoms with Gasteiger partial charge in [-0.1, -0.05) is 6.08 Å². The van der Waals surface area contributed by atoms with E-state index in [1.54, 1.807) is 11.8 Å². The second-order valence-electron chi connectivity index (χ2n) is 1.80. The molecule has 0 aliphatic carbocycles. The average Bonchev–Trinajstić information content (AvgIpc) is 2.14. The smallest absolute Gasteiger partial charge is 0.146 e. The molecule has 0 aromatic heterocycles. The van der Waals surface area contributed by atoms with Gasteiger partial charge in [0.15, 0.2) is 0 Å². The molecule has 1 aliphatic heterocycles. The maximum absolute atomic E-state index is 10.1. The SMILES string of the molecule is CC1SCC=C1C=O. The van der Waals surface area contributed by atoms with Gasteiger partial charge in [-0.2, -0.15) is 0 Å². The first-order valence-corrected chi connectivity index (χ1v) is 3.66.